The number of anilines is 1. The summed E-state index contributed by atoms with van der Waals surface area (Å²) >= 11 is 0. The van der Waals surface area contributed by atoms with Gasteiger partial charge in [0.1, 0.15) is 0 Å². The van der Waals surface area contributed by atoms with Gasteiger partial charge in [-0.05, 0) is 44.4 Å². The molecule has 2 aromatic heterocycles. The third kappa shape index (κ3) is 5.39. The number of amides is 1. The Kier molecular flexibility index (Phi) is 6.68. The highest BCUT2D eigenvalue weighted by molar-refractivity contribution is 5.92. The van der Waals surface area contributed by atoms with Crippen molar-refractivity contribution in [1.82, 2.24) is 19.6 Å². The van der Waals surface area contributed by atoms with Crippen molar-refractivity contribution in [1.29, 1.82) is 0 Å². The molecule has 1 saturated carbocycles. The highest BCUT2D eigenvalue weighted by Gasteiger charge is 2.37. The minimum absolute atomic E-state index is 0.0338. The fourth-order valence-corrected chi connectivity index (χ4v) is 4.03. The molecule has 1 aliphatic rings. The van der Waals surface area contributed by atoms with Crippen LogP contribution in [0.3, 0.4) is 0 Å². The van der Waals surface area contributed by atoms with Crippen molar-refractivity contribution in [3.63, 3.8) is 0 Å². The Morgan fingerprint density at radius 3 is 2.51 bits per heavy atom. The quantitative estimate of drug-likeness (QED) is 0.472. The monoisotopic (exact) mass is 489 g/mol. The molecule has 0 atom stereocenters. The van der Waals surface area contributed by atoms with Gasteiger partial charge >= 0.3 is 12.1 Å². The summed E-state index contributed by atoms with van der Waals surface area (Å²) in [4.78, 5) is 24.7. The van der Waals surface area contributed by atoms with E-state index in [1.165, 1.54) is 11.8 Å². The number of methoxy groups -OCH3 is 1. The number of carbonyl (C=O) groups is 2. The molecule has 0 aliphatic heterocycles. The van der Waals surface area contributed by atoms with Crippen LogP contribution in [0.4, 0.5) is 18.9 Å². The van der Waals surface area contributed by atoms with Gasteiger partial charge in [0.05, 0.1) is 36.3 Å². The molecule has 8 nitrogen and oxygen atoms in total. The molecule has 0 radical (unpaired) electrons. The van der Waals surface area contributed by atoms with E-state index < -0.39 is 17.8 Å². The number of halogens is 3. The number of nitrogens with zero attached hydrogens (tertiary/aromatic N) is 4. The maximum absolute atomic E-state index is 13.1. The average molecular weight is 489 g/mol. The molecule has 0 saturated heterocycles. The summed E-state index contributed by atoms with van der Waals surface area (Å²) in [5.41, 5.74) is 2.54. The SMILES string of the molecule is COC(=O)c1ccccc1Cn1nc(C)c(NC(=O)CCn2nc(C(F)(F)F)cc2C2CC2)c1C. The summed E-state index contributed by atoms with van der Waals surface area (Å²) in [5, 5.41) is 11.0. The lowest BCUT2D eigenvalue weighted by molar-refractivity contribution is -0.141. The number of rotatable bonds is 8. The molecule has 4 rings (SSSR count). The third-order valence-electron chi connectivity index (χ3n) is 6.04. The number of ether oxygens (including phenoxy) is 1. The maximum atomic E-state index is 13.1. The van der Waals surface area contributed by atoms with Crippen molar-refractivity contribution in [2.75, 3.05) is 12.4 Å². The number of carbonyl (C=O) groups excluding carboxylic acids is 2. The van der Waals surface area contributed by atoms with Gasteiger partial charge in [0.25, 0.3) is 0 Å². The van der Waals surface area contributed by atoms with Gasteiger partial charge in [0.2, 0.25) is 5.91 Å². The fourth-order valence-electron chi connectivity index (χ4n) is 4.03. The molecule has 3 aromatic rings. The number of alkyl halides is 3. The van der Waals surface area contributed by atoms with Crippen LogP contribution in [-0.4, -0.2) is 38.5 Å². The van der Waals surface area contributed by atoms with E-state index in [2.05, 4.69) is 15.5 Å². The normalized spacial score (nSPS) is 13.7. The van der Waals surface area contributed by atoms with Gasteiger partial charge in [-0.25, -0.2) is 4.79 Å². The topological polar surface area (TPSA) is 91.0 Å². The van der Waals surface area contributed by atoms with E-state index in [0.717, 1.165) is 24.5 Å². The largest absolute Gasteiger partial charge is 0.465 e. The van der Waals surface area contributed by atoms with Gasteiger partial charge < -0.3 is 10.1 Å². The Bertz CT molecular complexity index is 1260. The molecule has 35 heavy (non-hydrogen) atoms. The molecular formula is C24H26F3N5O3. The van der Waals surface area contributed by atoms with Gasteiger partial charge in [-0.1, -0.05) is 18.2 Å². The Morgan fingerprint density at radius 2 is 1.86 bits per heavy atom. The number of nitrogens with one attached hydrogen (secondary N) is 1. The maximum Gasteiger partial charge on any atom is 0.435 e. The van der Waals surface area contributed by atoms with Crippen LogP contribution in [0, 0.1) is 13.8 Å². The Balaban J connectivity index is 1.45. The minimum Gasteiger partial charge on any atom is -0.465 e. The van der Waals surface area contributed by atoms with E-state index in [-0.39, 0.29) is 24.8 Å². The van der Waals surface area contributed by atoms with Gasteiger partial charge in [0, 0.05) is 24.6 Å². The summed E-state index contributed by atoms with van der Waals surface area (Å²) in [7, 11) is 1.32. The van der Waals surface area contributed by atoms with Gasteiger partial charge in [-0.2, -0.15) is 23.4 Å². The molecule has 11 heteroatoms. The number of aryl methyl sites for hydroxylation is 2. The molecule has 1 N–H and O–H groups in total. The van der Waals surface area contributed by atoms with E-state index >= 15 is 0 Å². The standard InChI is InChI=1S/C24H26F3N5O3/c1-14-22(15(2)32(29-14)13-17-6-4-5-7-18(17)23(34)35-3)28-21(33)10-11-31-19(16-8-9-16)12-20(30-31)24(25,26)27/h4-7,12,16H,8-11,13H2,1-3H3,(H,28,33). The first-order valence-corrected chi connectivity index (χ1v) is 11.2. The lowest BCUT2D eigenvalue weighted by atomic mass is 10.1. The van der Waals surface area contributed by atoms with Crippen molar-refractivity contribution >= 4 is 17.6 Å². The van der Waals surface area contributed by atoms with Gasteiger partial charge in [0.15, 0.2) is 5.69 Å². The third-order valence-corrected chi connectivity index (χ3v) is 6.04. The lowest BCUT2D eigenvalue weighted by Crippen LogP contribution is -2.17. The predicted octanol–water partition coefficient (Wildman–Crippen LogP) is 4.46. The number of hydrogen-bond acceptors (Lipinski definition) is 5. The second-order valence-corrected chi connectivity index (χ2v) is 8.60. The number of esters is 1. The van der Waals surface area contributed by atoms with Gasteiger partial charge in [-0.15, -0.1) is 0 Å². The van der Waals surface area contributed by atoms with E-state index in [9.17, 15) is 22.8 Å². The van der Waals surface area contributed by atoms with E-state index in [1.54, 1.807) is 36.7 Å². The first-order valence-electron chi connectivity index (χ1n) is 11.2. The molecule has 0 unspecified atom stereocenters. The smallest absolute Gasteiger partial charge is 0.435 e. The molecule has 1 aromatic carbocycles. The van der Waals surface area contributed by atoms with E-state index in [0.29, 0.717) is 34.9 Å². The number of aromatic nitrogens is 4. The molecule has 1 amide bonds. The minimum atomic E-state index is -4.52. The van der Waals surface area contributed by atoms with Crippen molar-refractivity contribution in [2.24, 2.45) is 0 Å². The molecular weight excluding hydrogens is 463 g/mol. The van der Waals surface area contributed by atoms with E-state index in [1.807, 2.05) is 6.07 Å². The first-order chi connectivity index (χ1) is 16.6. The van der Waals surface area contributed by atoms with Crippen LogP contribution < -0.4 is 5.32 Å². The summed E-state index contributed by atoms with van der Waals surface area (Å²) < 4.78 is 47.1. The second kappa shape index (κ2) is 9.55. The van der Waals surface area contributed by atoms with Crippen molar-refractivity contribution < 1.29 is 27.5 Å². The van der Waals surface area contributed by atoms with Gasteiger partial charge in [-0.3, -0.25) is 14.2 Å². The Hall–Kier alpha value is -3.63. The highest BCUT2D eigenvalue weighted by atomic mass is 19.4. The second-order valence-electron chi connectivity index (χ2n) is 8.60. The predicted molar refractivity (Wildman–Crippen MR) is 121 cm³/mol. The van der Waals surface area contributed by atoms with Crippen molar-refractivity contribution in [3.05, 3.63) is 64.2 Å². The van der Waals surface area contributed by atoms with Crippen LogP contribution >= 0.6 is 0 Å². The average Bonchev–Trinajstić information content (AvgIpc) is 3.51. The molecule has 186 valence electrons. The summed E-state index contributed by atoms with van der Waals surface area (Å²) in [6.07, 6.45) is -2.90. The van der Waals surface area contributed by atoms with Crippen LogP contribution in [0.25, 0.3) is 0 Å². The van der Waals surface area contributed by atoms with Crippen LogP contribution in [0.15, 0.2) is 30.3 Å². The summed E-state index contributed by atoms with van der Waals surface area (Å²) in [6.45, 7) is 3.89. The van der Waals surface area contributed by atoms with Crippen LogP contribution in [0.5, 0.6) is 0 Å². The molecule has 1 aliphatic carbocycles. The summed E-state index contributed by atoms with van der Waals surface area (Å²) in [5.74, 6) is -0.734. The lowest BCUT2D eigenvalue weighted by Gasteiger charge is -2.10. The zero-order valence-corrected chi connectivity index (χ0v) is 19.6. The Labute approximate surface area is 200 Å². The van der Waals surface area contributed by atoms with Crippen molar-refractivity contribution in [2.45, 2.75) is 58.3 Å². The number of hydrogen-bond donors (Lipinski definition) is 1. The zero-order chi connectivity index (χ0) is 25.3. The van der Waals surface area contributed by atoms with E-state index in [4.69, 9.17) is 4.74 Å². The molecule has 0 spiro atoms. The van der Waals surface area contributed by atoms with Crippen molar-refractivity contribution in [3.8, 4) is 0 Å². The number of benzene rings is 1. The summed E-state index contributed by atoms with van der Waals surface area (Å²) in [6, 6.07) is 8.11. The zero-order valence-electron chi connectivity index (χ0n) is 19.6. The molecule has 0 bridgehead atoms. The van der Waals surface area contributed by atoms with Crippen LogP contribution in [0.2, 0.25) is 0 Å². The fraction of sp³-hybridized carbons (Fsp3) is 0.417. The van der Waals surface area contributed by atoms with Crippen LogP contribution in [-0.2, 0) is 28.8 Å². The molecule has 1 fully saturated rings. The van der Waals surface area contributed by atoms with Crippen LogP contribution in [0.1, 0.15) is 63.9 Å². The highest BCUT2D eigenvalue weighted by Crippen LogP contribution is 2.42. The Morgan fingerprint density at radius 1 is 1.14 bits per heavy atom. The first kappa shape index (κ1) is 24.5. The molecule has 2 heterocycles.